The normalized spacial score (nSPS) is 14.1. The second-order valence-corrected chi connectivity index (χ2v) is 29.5. The summed E-state index contributed by atoms with van der Waals surface area (Å²) >= 11 is 0. The molecule has 0 aromatic heterocycles. The van der Waals surface area contributed by atoms with E-state index in [1.54, 1.807) is 0 Å². The molecule has 0 aromatic rings. The van der Waals surface area contributed by atoms with Gasteiger partial charge in [-0.3, -0.25) is 105 Å². The number of hydrogen-bond acceptors (Lipinski definition) is 29. The highest BCUT2D eigenvalue weighted by Crippen LogP contribution is 2.16. The Morgan fingerprint density at radius 2 is 0.341 bits per heavy atom. The average Bonchev–Trinajstić information content (AvgIpc) is 0.851. The zero-order chi connectivity index (χ0) is 95.4. The van der Waals surface area contributed by atoms with Crippen LogP contribution < -0.4 is 115 Å². The maximum Gasteiger partial charge on any atom is 0.322 e. The molecule has 0 fully saturated rings. The number of nitrogens with two attached hydrogens (primary N) is 7. The van der Waals surface area contributed by atoms with E-state index in [0.717, 1.165) is 0 Å². The monoisotopic (exact) mass is 1800 g/mol. The molecule has 0 radical (unpaired) electrons. The molecule has 0 aliphatic heterocycles. The Hall–Kier alpha value is -11.9. The summed E-state index contributed by atoms with van der Waals surface area (Å²) in [4.78, 5) is 291. The van der Waals surface area contributed by atoms with Crippen LogP contribution in [0.2, 0.25) is 0 Å². The fourth-order valence-corrected chi connectivity index (χ4v) is 12.0. The van der Waals surface area contributed by atoms with E-state index in [-0.39, 0.29) is 155 Å². The van der Waals surface area contributed by atoms with Gasteiger partial charge >= 0.3 is 47.8 Å². The molecule has 0 rings (SSSR count). The number of carbonyl (C=O) groups excluding carboxylic acids is 14. The molecule has 714 valence electrons. The second-order valence-electron chi connectivity index (χ2n) is 29.5. The molecule has 51 nitrogen and oxygen atoms in total. The first-order valence-corrected chi connectivity index (χ1v) is 41.5. The molecule has 0 bridgehead atoms. The highest BCUT2D eigenvalue weighted by atomic mass is 16.4. The van der Waals surface area contributed by atoms with Crippen LogP contribution in [0.25, 0.3) is 0 Å². The van der Waals surface area contributed by atoms with Gasteiger partial charge in [-0.25, -0.2) is 0 Å². The number of carboxylic acid groups (broad SMARTS) is 8. The Bertz CT molecular complexity index is 3600. The lowest BCUT2D eigenvalue weighted by Gasteiger charge is -2.28. The first kappa shape index (κ1) is 114. The number of carbonyl (C=O) groups is 22. The average molecular weight is 1800 g/mol. The van der Waals surface area contributed by atoms with Gasteiger partial charge in [-0.05, 0) is 200 Å². The molecule has 51 heteroatoms. The van der Waals surface area contributed by atoms with Crippen molar-refractivity contribution in [3.8, 4) is 0 Å². The molecule has 0 unspecified atom stereocenters. The third-order valence-corrected chi connectivity index (χ3v) is 19.0. The maximum absolute atomic E-state index is 14.6. The predicted octanol–water partition coefficient (Wildman–Crippen LogP) is -8.72. The Kier molecular flexibility index (Phi) is 59.4. The first-order chi connectivity index (χ1) is 59.6. The molecule has 0 aliphatic rings. The van der Waals surface area contributed by atoms with Crippen LogP contribution in [-0.4, -0.2) is 302 Å². The van der Waals surface area contributed by atoms with Gasteiger partial charge in [0.15, 0.2) is 0 Å². The largest absolute Gasteiger partial charge is 0.481 e. The summed E-state index contributed by atoms with van der Waals surface area (Å²) in [5, 5.41) is 109. The summed E-state index contributed by atoms with van der Waals surface area (Å²) in [6.07, 6.45) is -9.63. The summed E-state index contributed by atoms with van der Waals surface area (Å²) in [6, 6.07) is -22.5. The lowest BCUT2D eigenvalue weighted by molar-refractivity contribution is -0.140. The zero-order valence-corrected chi connectivity index (χ0v) is 70.4. The van der Waals surface area contributed by atoms with Gasteiger partial charge in [0.1, 0.15) is 79.0 Å². The van der Waals surface area contributed by atoms with E-state index in [2.05, 4.69) is 69.1 Å². The number of hydrogen-bond donors (Lipinski definition) is 29. The maximum atomic E-state index is 14.6. The lowest BCUT2D eigenvalue weighted by atomic mass is 10.0. The van der Waals surface area contributed by atoms with Crippen LogP contribution in [0.15, 0.2) is 0 Å². The Labute approximate surface area is 725 Å². The summed E-state index contributed by atoms with van der Waals surface area (Å²) < 4.78 is 0. The summed E-state index contributed by atoms with van der Waals surface area (Å²) in [7, 11) is 0. The van der Waals surface area contributed by atoms with Crippen molar-refractivity contribution < 1.29 is 146 Å². The number of rotatable bonds is 74. The first-order valence-electron chi connectivity index (χ1n) is 41.5. The molecule has 14 amide bonds. The predicted molar refractivity (Wildman–Crippen MR) is 440 cm³/mol. The molecule has 13 atom stereocenters. The molecule has 0 spiro atoms. The smallest absolute Gasteiger partial charge is 0.322 e. The van der Waals surface area contributed by atoms with E-state index in [9.17, 15) is 136 Å². The van der Waals surface area contributed by atoms with E-state index in [4.69, 9.17) is 50.3 Å². The molecular formula is C75H129N21O30. The van der Waals surface area contributed by atoms with E-state index < -0.39 is 306 Å². The van der Waals surface area contributed by atoms with Gasteiger partial charge in [0.2, 0.25) is 82.7 Å². The van der Waals surface area contributed by atoms with Crippen LogP contribution in [-0.2, 0) is 105 Å². The van der Waals surface area contributed by atoms with Crippen molar-refractivity contribution in [2.45, 2.75) is 284 Å². The van der Waals surface area contributed by atoms with Crippen LogP contribution >= 0.6 is 0 Å². The van der Waals surface area contributed by atoms with Crippen molar-refractivity contribution in [1.29, 1.82) is 0 Å². The third kappa shape index (κ3) is 52.0. The van der Waals surface area contributed by atoms with E-state index in [0.29, 0.717) is 6.42 Å². The van der Waals surface area contributed by atoms with Crippen LogP contribution in [0.3, 0.4) is 0 Å². The summed E-state index contributed by atoms with van der Waals surface area (Å²) in [5.41, 5.74) is 40.3. The Morgan fingerprint density at radius 3 is 0.508 bits per heavy atom. The van der Waals surface area contributed by atoms with E-state index >= 15 is 0 Å². The third-order valence-electron chi connectivity index (χ3n) is 19.0. The topological polar surface area (TPSA) is 888 Å². The molecule has 0 aromatic carbocycles. The van der Waals surface area contributed by atoms with Crippen molar-refractivity contribution in [1.82, 2.24) is 74.4 Å². The van der Waals surface area contributed by atoms with Crippen molar-refractivity contribution in [3.05, 3.63) is 0 Å². The molecule has 0 heterocycles. The number of aliphatic carboxylic acids is 8. The minimum absolute atomic E-state index is 0.00297. The van der Waals surface area contributed by atoms with Crippen LogP contribution in [0.1, 0.15) is 205 Å². The standard InChI is InChI=1S/C75H129N21O30/c76-33-7-1-13-42(85-63(114)41(82)19-26-55(98)99)65(116)92-49(21-28-57(102)103)71(122)87-44(15-3-9-35-78)67(118)94-51(23-30-59(106)107)73(124)89-46(17-5-11-37-80)69(120)96-53(25-32-61(110)111)75(126)90-47(18-6-12-38-81)70(121)95-52(24-31-60(108)109)74(125)88-45(16-4-10-36-79)68(119)93-50(22-29-58(104)105)72(123)86-43(14-2-8-34-77)66(117)91-48(20-27-56(100)101)64(115)84-39-54(97)83-40-62(112)113/h41-53H,1-40,76-82H2,(H,83,97)(H,84,115)(H,85,114)(H,86,123)(H,87,122)(H,88,125)(H,89,124)(H,90,126)(H,91,117)(H,92,116)(H,93,119)(H,94,118)(H,95,121)(H,96,120)(H,98,99)(H,100,101)(H,102,103)(H,104,105)(H,106,107)(H,108,109)(H,110,111)(H,112,113)/t41-,42-,43-,44-,45-,46-,47-,48-,49-,50-,51-,52-,53-/m0/s1. The van der Waals surface area contributed by atoms with Gasteiger partial charge in [-0.1, -0.05) is 0 Å². The Morgan fingerprint density at radius 1 is 0.183 bits per heavy atom. The molecule has 0 saturated heterocycles. The van der Waals surface area contributed by atoms with Gasteiger partial charge in [-0.15, -0.1) is 0 Å². The fraction of sp³-hybridized carbons (Fsp3) is 0.707. The fourth-order valence-electron chi connectivity index (χ4n) is 12.0. The van der Waals surface area contributed by atoms with Crippen molar-refractivity contribution >= 4 is 130 Å². The zero-order valence-electron chi connectivity index (χ0n) is 70.4. The molecule has 126 heavy (non-hydrogen) atoms. The minimum Gasteiger partial charge on any atom is -0.481 e. The Balaban J connectivity index is 7.64. The minimum atomic E-state index is -1.94. The highest BCUT2D eigenvalue weighted by molar-refractivity contribution is 6.01. The van der Waals surface area contributed by atoms with Gasteiger partial charge in [0.25, 0.3) is 0 Å². The van der Waals surface area contributed by atoms with Gasteiger partial charge in [0.05, 0.1) is 12.6 Å². The van der Waals surface area contributed by atoms with Crippen molar-refractivity contribution in [2.24, 2.45) is 40.1 Å². The van der Waals surface area contributed by atoms with Crippen LogP contribution in [0.4, 0.5) is 0 Å². The number of unbranched alkanes of at least 4 members (excludes halogenated alkanes) is 6. The van der Waals surface area contributed by atoms with Crippen LogP contribution in [0.5, 0.6) is 0 Å². The van der Waals surface area contributed by atoms with Crippen molar-refractivity contribution in [2.75, 3.05) is 52.4 Å². The van der Waals surface area contributed by atoms with E-state index in [1.807, 2.05) is 5.32 Å². The number of amides is 14. The summed E-state index contributed by atoms with van der Waals surface area (Å²) in [6.45, 7) is -1.35. The number of nitrogens with one attached hydrogen (secondary N) is 14. The SMILES string of the molecule is NCCCC[C@H](NC(=O)[C@H](CCC(=O)O)NC(=O)[C@H](CCCCN)NC(=O)[C@H](CCC(=O)O)NC(=O)[C@H](CCCCN)NC(=O)[C@H](CCC(=O)O)NC(=O)[C@H](CCCCN)NC(=O)[C@H](CCC(=O)O)NC(=O)[C@H](CCCCN)NC(=O)[C@H](CCC(=O)O)NC(=O)[C@H](CCCCN)NC(=O)[C@@H](N)CCC(=O)O)C(=O)N[C@@H](CCC(=O)O)C(=O)NCC(=O)NCC(=O)O. The molecule has 0 saturated carbocycles. The van der Waals surface area contributed by atoms with Crippen LogP contribution in [0, 0.1) is 0 Å². The quantitative estimate of drug-likeness (QED) is 0.0252. The molecule has 36 N–H and O–H groups in total. The lowest BCUT2D eigenvalue weighted by Crippen LogP contribution is -2.61. The van der Waals surface area contributed by atoms with Gasteiger partial charge in [0, 0.05) is 44.9 Å². The number of carboxylic acids is 8. The van der Waals surface area contributed by atoms with E-state index in [1.165, 1.54) is 0 Å². The van der Waals surface area contributed by atoms with Gasteiger partial charge < -0.3 is 155 Å². The van der Waals surface area contributed by atoms with Gasteiger partial charge in [-0.2, -0.15) is 0 Å². The summed E-state index contributed by atoms with van der Waals surface area (Å²) in [5.74, 6) is -27.8. The second kappa shape index (κ2) is 65.6. The highest BCUT2D eigenvalue weighted by Gasteiger charge is 2.39. The molecular weight excluding hydrogens is 1670 g/mol. The van der Waals surface area contributed by atoms with Crippen molar-refractivity contribution in [3.63, 3.8) is 0 Å². The molecule has 0 aliphatic carbocycles.